The van der Waals surface area contributed by atoms with E-state index in [4.69, 9.17) is 5.73 Å². The summed E-state index contributed by atoms with van der Waals surface area (Å²) in [5.41, 5.74) is 7.51. The topological polar surface area (TPSA) is 59.6 Å². The fraction of sp³-hybridized carbons (Fsp3) is 0.667. The number of ether oxygens (including phenoxy) is 1. The highest BCUT2D eigenvalue weighted by Crippen LogP contribution is 1.60. The lowest BCUT2D eigenvalue weighted by Crippen LogP contribution is -2.17. The molecule has 0 atom stereocenters. The molecule has 0 spiro atoms. The Morgan fingerprint density at radius 2 is 2.43 bits per heavy atom. The van der Waals surface area contributed by atoms with Gasteiger partial charge in [0, 0.05) is 7.05 Å². The van der Waals surface area contributed by atoms with Crippen molar-refractivity contribution >= 4 is 6.02 Å². The van der Waals surface area contributed by atoms with Crippen molar-refractivity contribution < 1.29 is 4.74 Å². The molecule has 4 nitrogen and oxygen atoms in total. The molecule has 0 amide bonds. The number of nitrogens with one attached hydrogen (secondary N) is 1. The number of nitrogens with zero attached hydrogens (tertiary/aromatic N) is 1. The van der Waals surface area contributed by atoms with Gasteiger partial charge in [-0.2, -0.15) is 0 Å². The SMILES string of the molecule is CNN=C(N)OC. The number of amidine groups is 1. The molecule has 0 bridgehead atoms. The average molecular weight is 103 g/mol. The summed E-state index contributed by atoms with van der Waals surface area (Å²) in [4.78, 5) is 0. The molecule has 0 fully saturated rings. The van der Waals surface area contributed by atoms with Crippen LogP contribution in [0.25, 0.3) is 0 Å². The fourth-order valence-corrected chi connectivity index (χ4v) is 0.156. The van der Waals surface area contributed by atoms with Gasteiger partial charge in [0.1, 0.15) is 0 Å². The van der Waals surface area contributed by atoms with Crippen LogP contribution in [0.2, 0.25) is 0 Å². The van der Waals surface area contributed by atoms with Crippen LogP contribution >= 0.6 is 0 Å². The van der Waals surface area contributed by atoms with Gasteiger partial charge in [0.2, 0.25) is 0 Å². The predicted molar refractivity (Wildman–Crippen MR) is 27.7 cm³/mol. The van der Waals surface area contributed by atoms with Crippen LogP contribution in [0, 0.1) is 0 Å². The monoisotopic (exact) mass is 103 g/mol. The van der Waals surface area contributed by atoms with E-state index in [0.717, 1.165) is 0 Å². The van der Waals surface area contributed by atoms with Gasteiger partial charge in [0.25, 0.3) is 0 Å². The largest absolute Gasteiger partial charge is 0.468 e. The van der Waals surface area contributed by atoms with Crippen molar-refractivity contribution in [2.45, 2.75) is 0 Å². The first-order chi connectivity index (χ1) is 3.31. The first-order valence-corrected chi connectivity index (χ1v) is 1.85. The number of hydrogen-bond donors (Lipinski definition) is 2. The zero-order chi connectivity index (χ0) is 5.70. The number of methoxy groups -OCH3 is 1. The molecule has 0 rings (SSSR count). The van der Waals surface area contributed by atoms with E-state index < -0.39 is 0 Å². The zero-order valence-electron chi connectivity index (χ0n) is 4.43. The van der Waals surface area contributed by atoms with Gasteiger partial charge >= 0.3 is 6.02 Å². The first kappa shape index (κ1) is 6.07. The van der Waals surface area contributed by atoms with Crippen LogP contribution in [0.1, 0.15) is 0 Å². The highest BCUT2D eigenvalue weighted by molar-refractivity contribution is 5.70. The smallest absolute Gasteiger partial charge is 0.303 e. The predicted octanol–water partition coefficient (Wildman–Crippen LogP) is -0.918. The normalized spacial score (nSPS) is 10.9. The summed E-state index contributed by atoms with van der Waals surface area (Å²) in [5.74, 6) is 0. The Bertz CT molecular complexity index is 70.6. The van der Waals surface area contributed by atoms with Crippen molar-refractivity contribution in [3.63, 3.8) is 0 Å². The molecular formula is C3H9N3O. The van der Waals surface area contributed by atoms with Gasteiger partial charge < -0.3 is 15.9 Å². The molecule has 0 aromatic heterocycles. The van der Waals surface area contributed by atoms with E-state index in [0.29, 0.717) is 0 Å². The standard InChI is InChI=1S/C3H9N3O/c1-5-6-3(4)7-2/h5H,1-2H3,(H2,4,6). The molecular weight excluding hydrogens is 94.1 g/mol. The van der Waals surface area contributed by atoms with Crippen molar-refractivity contribution in [3.8, 4) is 0 Å². The van der Waals surface area contributed by atoms with Crippen LogP contribution in [0.5, 0.6) is 0 Å². The Morgan fingerprint density at radius 3 is 2.57 bits per heavy atom. The van der Waals surface area contributed by atoms with E-state index in [2.05, 4.69) is 15.3 Å². The minimum Gasteiger partial charge on any atom is -0.468 e. The maximum absolute atomic E-state index is 5.05. The van der Waals surface area contributed by atoms with Gasteiger partial charge in [-0.25, -0.2) is 0 Å². The molecule has 0 aromatic rings. The van der Waals surface area contributed by atoms with Crippen molar-refractivity contribution in [1.29, 1.82) is 0 Å². The molecule has 4 heteroatoms. The highest BCUT2D eigenvalue weighted by Gasteiger charge is 1.78. The summed E-state index contributed by atoms with van der Waals surface area (Å²) < 4.78 is 4.46. The molecule has 3 N–H and O–H groups in total. The third kappa shape index (κ3) is 2.88. The molecule has 7 heavy (non-hydrogen) atoms. The number of hydrogen-bond acceptors (Lipinski definition) is 3. The van der Waals surface area contributed by atoms with E-state index in [-0.39, 0.29) is 6.02 Å². The van der Waals surface area contributed by atoms with E-state index in [1.807, 2.05) is 0 Å². The lowest BCUT2D eigenvalue weighted by atomic mass is 11.2. The molecule has 0 radical (unpaired) electrons. The minimum atomic E-state index is 0.141. The molecule has 0 aliphatic carbocycles. The summed E-state index contributed by atoms with van der Waals surface area (Å²) in [6.07, 6.45) is 0. The maximum Gasteiger partial charge on any atom is 0.303 e. The van der Waals surface area contributed by atoms with Gasteiger partial charge in [-0.1, -0.05) is 0 Å². The van der Waals surface area contributed by atoms with E-state index in [9.17, 15) is 0 Å². The van der Waals surface area contributed by atoms with Crippen LogP contribution < -0.4 is 11.2 Å². The lowest BCUT2D eigenvalue weighted by Gasteiger charge is -1.93. The molecule has 0 unspecified atom stereocenters. The van der Waals surface area contributed by atoms with E-state index >= 15 is 0 Å². The lowest BCUT2D eigenvalue weighted by molar-refractivity contribution is 0.392. The second kappa shape index (κ2) is 3.27. The summed E-state index contributed by atoms with van der Waals surface area (Å²) in [7, 11) is 3.10. The fourth-order valence-electron chi connectivity index (χ4n) is 0.156. The second-order valence-corrected chi connectivity index (χ2v) is 0.878. The van der Waals surface area contributed by atoms with Crippen LogP contribution in [-0.4, -0.2) is 20.2 Å². The van der Waals surface area contributed by atoms with Gasteiger partial charge in [-0.05, 0) is 0 Å². The number of rotatable bonds is 1. The Kier molecular flexibility index (Phi) is 2.83. The van der Waals surface area contributed by atoms with Crippen LogP contribution in [0.4, 0.5) is 0 Å². The maximum atomic E-state index is 5.05. The first-order valence-electron chi connectivity index (χ1n) is 1.85. The molecule has 0 saturated carbocycles. The summed E-state index contributed by atoms with van der Waals surface area (Å²) in [6.45, 7) is 0. The zero-order valence-corrected chi connectivity index (χ0v) is 4.43. The molecule has 0 aliphatic rings. The van der Waals surface area contributed by atoms with E-state index in [1.54, 1.807) is 7.05 Å². The Morgan fingerprint density at radius 1 is 1.86 bits per heavy atom. The minimum absolute atomic E-state index is 0.141. The van der Waals surface area contributed by atoms with Crippen LogP contribution in [0.3, 0.4) is 0 Å². The summed E-state index contributed by atoms with van der Waals surface area (Å²) in [5, 5.41) is 3.47. The molecule has 0 saturated heterocycles. The quantitative estimate of drug-likeness (QED) is 0.256. The number of nitrogens with two attached hydrogens (primary N) is 1. The Balaban J connectivity index is 3.29. The van der Waals surface area contributed by atoms with Crippen molar-refractivity contribution in [1.82, 2.24) is 5.43 Å². The molecule has 0 aliphatic heterocycles. The summed E-state index contributed by atoms with van der Waals surface area (Å²) in [6, 6.07) is 0.141. The van der Waals surface area contributed by atoms with Crippen molar-refractivity contribution in [2.75, 3.05) is 14.2 Å². The van der Waals surface area contributed by atoms with E-state index in [1.165, 1.54) is 7.11 Å². The molecule has 42 valence electrons. The highest BCUT2D eigenvalue weighted by atomic mass is 16.5. The van der Waals surface area contributed by atoms with Gasteiger partial charge in [0.15, 0.2) is 0 Å². The number of hydrazone groups is 1. The summed E-state index contributed by atoms with van der Waals surface area (Å²) >= 11 is 0. The van der Waals surface area contributed by atoms with Gasteiger partial charge in [0.05, 0.1) is 7.11 Å². The molecule has 0 aromatic carbocycles. The Hall–Kier alpha value is -0.930. The molecule has 0 heterocycles. The van der Waals surface area contributed by atoms with Gasteiger partial charge in [-0.15, -0.1) is 5.10 Å². The Labute approximate surface area is 42.3 Å². The van der Waals surface area contributed by atoms with Gasteiger partial charge in [-0.3, -0.25) is 0 Å². The van der Waals surface area contributed by atoms with Crippen LogP contribution in [0.15, 0.2) is 5.10 Å². The van der Waals surface area contributed by atoms with Crippen LogP contribution in [-0.2, 0) is 4.74 Å². The second-order valence-electron chi connectivity index (χ2n) is 0.878. The average Bonchev–Trinajstić information content (AvgIpc) is 1.68. The third-order valence-corrected chi connectivity index (χ3v) is 0.431. The van der Waals surface area contributed by atoms with Crippen molar-refractivity contribution in [2.24, 2.45) is 10.8 Å². The third-order valence-electron chi connectivity index (χ3n) is 0.431. The van der Waals surface area contributed by atoms with Crippen molar-refractivity contribution in [3.05, 3.63) is 0 Å².